The fourth-order valence-corrected chi connectivity index (χ4v) is 2.10. The summed E-state index contributed by atoms with van der Waals surface area (Å²) in [6.07, 6.45) is 1.77. The van der Waals surface area contributed by atoms with E-state index in [-0.39, 0.29) is 6.04 Å². The molecule has 2 rings (SSSR count). The van der Waals surface area contributed by atoms with Crippen LogP contribution in [0, 0.1) is 0 Å². The van der Waals surface area contributed by atoms with Gasteiger partial charge >= 0.3 is 0 Å². The van der Waals surface area contributed by atoms with Crippen molar-refractivity contribution < 1.29 is 4.79 Å². The number of likely N-dealkylation sites (tertiary alicyclic amines) is 1. The number of piperidine rings is 1. The number of ketones is 1. The van der Waals surface area contributed by atoms with Crippen LogP contribution in [0.15, 0.2) is 30.3 Å². The van der Waals surface area contributed by atoms with E-state index in [9.17, 15) is 4.79 Å². The summed E-state index contributed by atoms with van der Waals surface area (Å²) >= 11 is 0. The Kier molecular flexibility index (Phi) is 3.17. The van der Waals surface area contributed by atoms with Gasteiger partial charge in [0.05, 0.1) is 6.04 Å². The zero-order valence-corrected chi connectivity index (χ0v) is 9.15. The molecule has 0 aromatic heterocycles. The number of Topliss-reactive ketones (excluding diaryl/α,β-unsaturated/α-hetero) is 1. The van der Waals surface area contributed by atoms with Gasteiger partial charge in [0.1, 0.15) is 5.78 Å². The van der Waals surface area contributed by atoms with E-state index in [1.54, 1.807) is 0 Å². The molecule has 1 unspecified atom stereocenters. The molecule has 0 bridgehead atoms. The average Bonchev–Trinajstić information content (AvgIpc) is 2.26. The molecule has 15 heavy (non-hydrogen) atoms. The van der Waals surface area contributed by atoms with Crippen LogP contribution >= 0.6 is 0 Å². The molecular weight excluding hydrogens is 186 g/mol. The lowest BCUT2D eigenvalue weighted by molar-refractivity contribution is -0.126. The van der Waals surface area contributed by atoms with E-state index >= 15 is 0 Å². The summed E-state index contributed by atoms with van der Waals surface area (Å²) in [4.78, 5) is 13.8. The predicted octanol–water partition coefficient (Wildman–Crippen LogP) is 2.24. The quantitative estimate of drug-likeness (QED) is 0.734. The Morgan fingerprint density at radius 1 is 1.33 bits per heavy atom. The Hall–Kier alpha value is -1.15. The molecule has 0 amide bonds. The second kappa shape index (κ2) is 4.58. The van der Waals surface area contributed by atoms with Crippen molar-refractivity contribution in [2.75, 3.05) is 6.54 Å². The molecule has 1 aromatic carbocycles. The van der Waals surface area contributed by atoms with E-state index < -0.39 is 0 Å². The SMILES string of the molecule is CC1C(=O)CCCN1Cc1ccccc1. The fraction of sp³-hybridized carbons (Fsp3) is 0.462. The normalized spacial score (nSPS) is 23.0. The lowest BCUT2D eigenvalue weighted by atomic mass is 10.0. The lowest BCUT2D eigenvalue weighted by Gasteiger charge is -2.32. The number of rotatable bonds is 2. The third-order valence-corrected chi connectivity index (χ3v) is 3.11. The first-order chi connectivity index (χ1) is 7.27. The summed E-state index contributed by atoms with van der Waals surface area (Å²) in [5.41, 5.74) is 1.29. The molecule has 2 nitrogen and oxygen atoms in total. The maximum Gasteiger partial charge on any atom is 0.149 e. The number of hydrogen-bond donors (Lipinski definition) is 0. The molecule has 0 spiro atoms. The Morgan fingerprint density at radius 2 is 2.07 bits per heavy atom. The number of benzene rings is 1. The molecular formula is C13H17NO. The standard InChI is InChI=1S/C13H17NO/c1-11-13(15)8-5-9-14(11)10-12-6-3-2-4-7-12/h2-4,6-7,11H,5,8-10H2,1H3. The summed E-state index contributed by atoms with van der Waals surface area (Å²) in [5, 5.41) is 0. The monoisotopic (exact) mass is 203 g/mol. The Morgan fingerprint density at radius 3 is 2.80 bits per heavy atom. The summed E-state index contributed by atoms with van der Waals surface area (Å²) in [6.45, 7) is 3.96. The van der Waals surface area contributed by atoms with E-state index in [4.69, 9.17) is 0 Å². The van der Waals surface area contributed by atoms with Crippen molar-refractivity contribution in [1.29, 1.82) is 0 Å². The van der Waals surface area contributed by atoms with E-state index in [1.807, 2.05) is 25.1 Å². The van der Waals surface area contributed by atoms with Crippen molar-refractivity contribution in [2.45, 2.75) is 32.4 Å². The minimum atomic E-state index is 0.0963. The van der Waals surface area contributed by atoms with Crippen LogP contribution in [-0.4, -0.2) is 23.3 Å². The minimum Gasteiger partial charge on any atom is -0.298 e. The summed E-state index contributed by atoms with van der Waals surface area (Å²) in [7, 11) is 0. The fourth-order valence-electron chi connectivity index (χ4n) is 2.10. The maximum absolute atomic E-state index is 11.6. The largest absolute Gasteiger partial charge is 0.298 e. The van der Waals surface area contributed by atoms with Gasteiger partial charge in [-0.3, -0.25) is 9.69 Å². The summed E-state index contributed by atoms with van der Waals surface area (Å²) in [5.74, 6) is 0.386. The molecule has 0 N–H and O–H groups in total. The number of carbonyl (C=O) groups is 1. The van der Waals surface area contributed by atoms with Gasteiger partial charge in [0.25, 0.3) is 0 Å². The molecule has 0 radical (unpaired) electrons. The highest BCUT2D eigenvalue weighted by molar-refractivity contribution is 5.84. The number of nitrogens with zero attached hydrogens (tertiary/aromatic N) is 1. The minimum absolute atomic E-state index is 0.0963. The first-order valence-electron chi connectivity index (χ1n) is 5.58. The van der Waals surface area contributed by atoms with Crippen LogP contribution < -0.4 is 0 Å². The van der Waals surface area contributed by atoms with E-state index in [2.05, 4.69) is 17.0 Å². The molecule has 1 fully saturated rings. The van der Waals surface area contributed by atoms with Crippen molar-refractivity contribution in [1.82, 2.24) is 4.90 Å². The van der Waals surface area contributed by atoms with Gasteiger partial charge in [-0.05, 0) is 25.5 Å². The highest BCUT2D eigenvalue weighted by atomic mass is 16.1. The summed E-state index contributed by atoms with van der Waals surface area (Å²) in [6, 6.07) is 10.4. The van der Waals surface area contributed by atoms with Crippen molar-refractivity contribution >= 4 is 5.78 Å². The molecule has 1 aliphatic rings. The van der Waals surface area contributed by atoms with Gasteiger partial charge in [-0.15, -0.1) is 0 Å². The maximum atomic E-state index is 11.6. The molecule has 1 aliphatic heterocycles. The van der Waals surface area contributed by atoms with Crippen molar-refractivity contribution in [3.63, 3.8) is 0 Å². The molecule has 0 aliphatic carbocycles. The van der Waals surface area contributed by atoms with Gasteiger partial charge in [0.15, 0.2) is 0 Å². The first kappa shape index (κ1) is 10.4. The Balaban J connectivity index is 2.02. The highest BCUT2D eigenvalue weighted by Crippen LogP contribution is 2.16. The van der Waals surface area contributed by atoms with Gasteiger partial charge in [0, 0.05) is 13.0 Å². The topological polar surface area (TPSA) is 20.3 Å². The van der Waals surface area contributed by atoms with Crippen LogP contribution in [-0.2, 0) is 11.3 Å². The Bertz CT molecular complexity index is 334. The lowest BCUT2D eigenvalue weighted by Crippen LogP contribution is -2.43. The van der Waals surface area contributed by atoms with Crippen molar-refractivity contribution in [2.24, 2.45) is 0 Å². The van der Waals surface area contributed by atoms with Crippen molar-refractivity contribution in [3.8, 4) is 0 Å². The average molecular weight is 203 g/mol. The number of hydrogen-bond acceptors (Lipinski definition) is 2. The van der Waals surface area contributed by atoms with Crippen LogP contribution in [0.4, 0.5) is 0 Å². The van der Waals surface area contributed by atoms with Crippen LogP contribution in [0.25, 0.3) is 0 Å². The first-order valence-corrected chi connectivity index (χ1v) is 5.58. The molecule has 1 aromatic rings. The van der Waals surface area contributed by atoms with Gasteiger partial charge < -0.3 is 0 Å². The molecule has 2 heteroatoms. The number of carbonyl (C=O) groups excluding carboxylic acids is 1. The third-order valence-electron chi connectivity index (χ3n) is 3.11. The van der Waals surface area contributed by atoms with Crippen LogP contribution in [0.3, 0.4) is 0 Å². The molecule has 0 saturated carbocycles. The zero-order valence-electron chi connectivity index (χ0n) is 9.15. The zero-order chi connectivity index (χ0) is 10.7. The van der Waals surface area contributed by atoms with Crippen LogP contribution in [0.1, 0.15) is 25.3 Å². The van der Waals surface area contributed by atoms with E-state index in [1.165, 1.54) is 5.56 Å². The molecule has 1 saturated heterocycles. The molecule has 1 heterocycles. The molecule has 1 atom stereocenters. The van der Waals surface area contributed by atoms with Gasteiger partial charge in [-0.1, -0.05) is 30.3 Å². The third kappa shape index (κ3) is 2.45. The van der Waals surface area contributed by atoms with E-state index in [0.717, 1.165) is 25.9 Å². The van der Waals surface area contributed by atoms with Gasteiger partial charge in [-0.2, -0.15) is 0 Å². The summed E-state index contributed by atoms with van der Waals surface area (Å²) < 4.78 is 0. The smallest absolute Gasteiger partial charge is 0.149 e. The van der Waals surface area contributed by atoms with Crippen LogP contribution in [0.5, 0.6) is 0 Å². The van der Waals surface area contributed by atoms with Crippen molar-refractivity contribution in [3.05, 3.63) is 35.9 Å². The predicted molar refractivity (Wildman–Crippen MR) is 60.6 cm³/mol. The Labute approximate surface area is 90.9 Å². The molecule has 80 valence electrons. The van der Waals surface area contributed by atoms with Gasteiger partial charge in [0.2, 0.25) is 0 Å². The highest BCUT2D eigenvalue weighted by Gasteiger charge is 2.24. The second-order valence-electron chi connectivity index (χ2n) is 4.20. The second-order valence-corrected chi connectivity index (χ2v) is 4.20. The van der Waals surface area contributed by atoms with Gasteiger partial charge in [-0.25, -0.2) is 0 Å². The van der Waals surface area contributed by atoms with Crippen LogP contribution in [0.2, 0.25) is 0 Å². The van der Waals surface area contributed by atoms with E-state index in [0.29, 0.717) is 5.78 Å².